The summed E-state index contributed by atoms with van der Waals surface area (Å²) in [6.45, 7) is 4.10. The molecular formula is C17H23NO3. The summed E-state index contributed by atoms with van der Waals surface area (Å²) in [5, 5.41) is 9.44. The number of rotatable bonds is 6. The van der Waals surface area contributed by atoms with Crippen LogP contribution in [0.2, 0.25) is 0 Å². The third-order valence-electron chi connectivity index (χ3n) is 4.25. The van der Waals surface area contributed by atoms with Gasteiger partial charge in [0.15, 0.2) is 0 Å². The van der Waals surface area contributed by atoms with Gasteiger partial charge >= 0.3 is 5.97 Å². The highest BCUT2D eigenvalue weighted by Crippen LogP contribution is 2.34. The third kappa shape index (κ3) is 3.09. The minimum absolute atomic E-state index is 0.0386. The van der Waals surface area contributed by atoms with Gasteiger partial charge in [0.25, 0.3) is 0 Å². The second kappa shape index (κ2) is 6.74. The molecule has 1 aromatic rings. The largest absolute Gasteiger partial charge is 0.480 e. The number of amides is 1. The van der Waals surface area contributed by atoms with Gasteiger partial charge in [-0.25, -0.2) is 4.79 Å². The molecule has 0 aromatic heterocycles. The number of fused-ring (bicyclic) bond motifs is 1. The Hall–Kier alpha value is -1.84. The lowest BCUT2D eigenvalue weighted by Crippen LogP contribution is -2.45. The zero-order valence-electron chi connectivity index (χ0n) is 12.7. The predicted octanol–water partition coefficient (Wildman–Crippen LogP) is 3.25. The van der Waals surface area contributed by atoms with Gasteiger partial charge in [0.2, 0.25) is 5.91 Å². The summed E-state index contributed by atoms with van der Waals surface area (Å²) in [5.41, 5.74) is 1.72. The molecule has 0 aliphatic carbocycles. The maximum Gasteiger partial charge on any atom is 0.327 e. The lowest BCUT2D eigenvalue weighted by molar-refractivity contribution is -0.140. The van der Waals surface area contributed by atoms with Crippen molar-refractivity contribution >= 4 is 17.6 Å². The summed E-state index contributed by atoms with van der Waals surface area (Å²) in [7, 11) is 0. The van der Waals surface area contributed by atoms with Gasteiger partial charge in [0.1, 0.15) is 6.04 Å². The van der Waals surface area contributed by atoms with Gasteiger partial charge in [-0.1, -0.05) is 44.9 Å². The van der Waals surface area contributed by atoms with Gasteiger partial charge in [-0.3, -0.25) is 9.69 Å². The first-order valence-corrected chi connectivity index (χ1v) is 7.73. The average molecular weight is 289 g/mol. The summed E-state index contributed by atoms with van der Waals surface area (Å²) in [6, 6.07) is 6.75. The first-order chi connectivity index (χ1) is 10.1. The van der Waals surface area contributed by atoms with Crippen LogP contribution in [0, 0.1) is 5.92 Å². The van der Waals surface area contributed by atoms with E-state index in [0.29, 0.717) is 6.42 Å². The number of carboxylic acids is 1. The molecule has 114 valence electrons. The maximum atomic E-state index is 12.8. The molecule has 0 saturated heterocycles. The van der Waals surface area contributed by atoms with E-state index >= 15 is 0 Å². The number of carbonyl (C=O) groups is 2. The molecule has 0 radical (unpaired) electrons. The second-order valence-electron chi connectivity index (χ2n) is 5.64. The van der Waals surface area contributed by atoms with E-state index in [4.69, 9.17) is 0 Å². The average Bonchev–Trinajstić information content (AvgIpc) is 2.87. The van der Waals surface area contributed by atoms with Crippen molar-refractivity contribution in [3.05, 3.63) is 29.8 Å². The minimum atomic E-state index is -0.926. The first kappa shape index (κ1) is 15.5. The molecule has 4 heteroatoms. The van der Waals surface area contributed by atoms with Crippen molar-refractivity contribution in [1.82, 2.24) is 0 Å². The molecule has 1 aliphatic rings. The minimum Gasteiger partial charge on any atom is -0.480 e. The monoisotopic (exact) mass is 289 g/mol. The molecule has 2 atom stereocenters. The topological polar surface area (TPSA) is 57.6 Å². The second-order valence-corrected chi connectivity index (χ2v) is 5.64. The Morgan fingerprint density at radius 1 is 1.33 bits per heavy atom. The molecule has 4 nitrogen and oxygen atoms in total. The van der Waals surface area contributed by atoms with E-state index in [2.05, 4.69) is 6.92 Å². The highest BCUT2D eigenvalue weighted by Gasteiger charge is 2.39. The Labute approximate surface area is 125 Å². The predicted molar refractivity (Wildman–Crippen MR) is 82.4 cm³/mol. The SMILES string of the molecule is CCCCC(CC)C(=O)N1c2ccccc2C[C@H]1C(=O)O. The Bertz CT molecular complexity index is 527. The van der Waals surface area contributed by atoms with Gasteiger partial charge in [-0.2, -0.15) is 0 Å². The van der Waals surface area contributed by atoms with Crippen molar-refractivity contribution in [1.29, 1.82) is 0 Å². The fourth-order valence-electron chi connectivity index (χ4n) is 3.01. The lowest BCUT2D eigenvalue weighted by atomic mass is 9.97. The van der Waals surface area contributed by atoms with Gasteiger partial charge in [-0.05, 0) is 24.5 Å². The molecule has 0 spiro atoms. The van der Waals surface area contributed by atoms with E-state index in [1.54, 1.807) is 0 Å². The molecule has 1 amide bonds. The lowest BCUT2D eigenvalue weighted by Gasteiger charge is -2.27. The molecule has 1 unspecified atom stereocenters. The molecular weight excluding hydrogens is 266 g/mol. The number of carbonyl (C=O) groups excluding carboxylic acids is 1. The molecule has 0 saturated carbocycles. The number of carboxylic acid groups (broad SMARTS) is 1. The molecule has 0 bridgehead atoms. The third-order valence-corrected chi connectivity index (χ3v) is 4.25. The standard InChI is InChI=1S/C17H23NO3/c1-3-5-8-12(4-2)16(19)18-14-10-7-6-9-13(14)11-15(18)17(20)21/h6-7,9-10,12,15H,3-5,8,11H2,1-2H3,(H,20,21)/t12?,15-/m0/s1. The Balaban J connectivity index is 2.29. The molecule has 2 rings (SSSR count). The van der Waals surface area contributed by atoms with Crippen molar-refractivity contribution < 1.29 is 14.7 Å². The molecule has 21 heavy (non-hydrogen) atoms. The summed E-state index contributed by atoms with van der Waals surface area (Å²) < 4.78 is 0. The highest BCUT2D eigenvalue weighted by molar-refractivity contribution is 6.02. The summed E-state index contributed by atoms with van der Waals surface area (Å²) >= 11 is 0. The van der Waals surface area contributed by atoms with Crippen molar-refractivity contribution in [3.8, 4) is 0 Å². The number of aliphatic carboxylic acids is 1. The van der Waals surface area contributed by atoms with Crippen molar-refractivity contribution in [3.63, 3.8) is 0 Å². The Morgan fingerprint density at radius 3 is 2.67 bits per heavy atom. The Kier molecular flexibility index (Phi) is 4.99. The molecule has 1 aromatic carbocycles. The van der Waals surface area contributed by atoms with Crippen LogP contribution >= 0.6 is 0 Å². The summed E-state index contributed by atoms with van der Waals surface area (Å²) in [6.07, 6.45) is 4.03. The van der Waals surface area contributed by atoms with Crippen LogP contribution in [0.25, 0.3) is 0 Å². The fourth-order valence-corrected chi connectivity index (χ4v) is 3.01. The van der Waals surface area contributed by atoms with E-state index < -0.39 is 12.0 Å². The smallest absolute Gasteiger partial charge is 0.327 e. The normalized spacial score (nSPS) is 18.4. The van der Waals surface area contributed by atoms with E-state index in [0.717, 1.165) is 36.9 Å². The molecule has 1 heterocycles. The summed E-state index contributed by atoms with van der Waals surface area (Å²) in [5.74, 6) is -1.05. The molecule has 0 fully saturated rings. The number of hydrogen-bond donors (Lipinski definition) is 1. The van der Waals surface area contributed by atoms with Crippen molar-refractivity contribution in [2.45, 2.75) is 52.0 Å². The van der Waals surface area contributed by atoms with E-state index in [1.165, 1.54) is 4.90 Å². The van der Waals surface area contributed by atoms with Crippen LogP contribution in [0.1, 0.15) is 45.1 Å². The number of anilines is 1. The van der Waals surface area contributed by atoms with Crippen LogP contribution in [0.5, 0.6) is 0 Å². The number of para-hydroxylation sites is 1. The summed E-state index contributed by atoms with van der Waals surface area (Å²) in [4.78, 5) is 25.9. The van der Waals surface area contributed by atoms with Crippen molar-refractivity contribution in [2.75, 3.05) is 4.90 Å². The maximum absolute atomic E-state index is 12.8. The van der Waals surface area contributed by atoms with Crippen LogP contribution in [0.15, 0.2) is 24.3 Å². The number of unbranched alkanes of at least 4 members (excludes halogenated alkanes) is 1. The van der Waals surface area contributed by atoms with E-state index in [9.17, 15) is 14.7 Å². The van der Waals surface area contributed by atoms with Crippen LogP contribution in [-0.2, 0) is 16.0 Å². The van der Waals surface area contributed by atoms with Crippen LogP contribution in [-0.4, -0.2) is 23.0 Å². The van der Waals surface area contributed by atoms with Crippen LogP contribution < -0.4 is 4.90 Å². The van der Waals surface area contributed by atoms with Gasteiger partial charge in [0, 0.05) is 18.0 Å². The Morgan fingerprint density at radius 2 is 2.05 bits per heavy atom. The quantitative estimate of drug-likeness (QED) is 0.874. The van der Waals surface area contributed by atoms with Gasteiger partial charge in [0.05, 0.1) is 0 Å². The first-order valence-electron chi connectivity index (χ1n) is 7.73. The number of benzene rings is 1. The van der Waals surface area contributed by atoms with E-state index in [1.807, 2.05) is 31.2 Å². The van der Waals surface area contributed by atoms with Gasteiger partial charge < -0.3 is 5.11 Å². The molecule has 1 aliphatic heterocycles. The number of hydrogen-bond acceptors (Lipinski definition) is 2. The number of nitrogens with zero attached hydrogens (tertiary/aromatic N) is 1. The van der Waals surface area contributed by atoms with E-state index in [-0.39, 0.29) is 11.8 Å². The molecule has 1 N–H and O–H groups in total. The van der Waals surface area contributed by atoms with Gasteiger partial charge in [-0.15, -0.1) is 0 Å². The highest BCUT2D eigenvalue weighted by atomic mass is 16.4. The zero-order chi connectivity index (χ0) is 15.4. The zero-order valence-corrected chi connectivity index (χ0v) is 12.7. The fraction of sp³-hybridized carbons (Fsp3) is 0.529. The van der Waals surface area contributed by atoms with Crippen LogP contribution in [0.4, 0.5) is 5.69 Å². The van der Waals surface area contributed by atoms with Crippen LogP contribution in [0.3, 0.4) is 0 Å². The van der Waals surface area contributed by atoms with Crippen molar-refractivity contribution in [2.24, 2.45) is 5.92 Å².